The first-order chi connectivity index (χ1) is 6.70. The van der Waals surface area contributed by atoms with Crippen molar-refractivity contribution in [2.24, 2.45) is 0 Å². The van der Waals surface area contributed by atoms with Crippen LogP contribution in [0.25, 0.3) is 0 Å². The van der Waals surface area contributed by atoms with Gasteiger partial charge in [-0.05, 0) is 26.0 Å². The first kappa shape index (κ1) is 13.1. The third kappa shape index (κ3) is 2.82. The van der Waals surface area contributed by atoms with Gasteiger partial charge in [0.1, 0.15) is 0 Å². The van der Waals surface area contributed by atoms with Gasteiger partial charge in [0.15, 0.2) is 0 Å². The smallest absolute Gasteiger partial charge is 0.0663 e. The minimum atomic E-state index is -0.347. The summed E-state index contributed by atoms with van der Waals surface area (Å²) in [6.07, 6.45) is 8.47. The second-order valence-electron chi connectivity index (χ2n) is 3.20. The molecule has 0 aromatic heterocycles. The van der Waals surface area contributed by atoms with Crippen molar-refractivity contribution in [1.29, 1.82) is 0 Å². The van der Waals surface area contributed by atoms with Crippen molar-refractivity contribution >= 4 is 0 Å². The van der Waals surface area contributed by atoms with E-state index in [-0.39, 0.29) is 12.1 Å². The molecule has 0 heterocycles. The molecule has 0 saturated carbocycles. The van der Waals surface area contributed by atoms with Crippen LogP contribution in [0, 0.1) is 0 Å². The van der Waals surface area contributed by atoms with Crippen LogP contribution in [0.4, 0.5) is 0 Å². The topological polar surface area (TPSA) is 32.3 Å². The van der Waals surface area contributed by atoms with Crippen LogP contribution in [0.15, 0.2) is 36.5 Å². The van der Waals surface area contributed by atoms with Crippen LogP contribution in [-0.4, -0.2) is 24.3 Å². The maximum absolute atomic E-state index is 9.43. The Bertz CT molecular complexity index is 216. The Morgan fingerprint density at radius 1 is 1.57 bits per heavy atom. The SMILES string of the molecule is C=C/C=C(\C=C/C)[C@@](CC)(CO)NC. The van der Waals surface area contributed by atoms with Crippen molar-refractivity contribution in [1.82, 2.24) is 5.32 Å². The van der Waals surface area contributed by atoms with Gasteiger partial charge in [-0.25, -0.2) is 0 Å². The molecule has 0 amide bonds. The third-order valence-corrected chi connectivity index (χ3v) is 2.55. The molecule has 0 aromatic rings. The van der Waals surface area contributed by atoms with E-state index in [2.05, 4.69) is 11.9 Å². The van der Waals surface area contributed by atoms with Crippen molar-refractivity contribution in [3.8, 4) is 0 Å². The van der Waals surface area contributed by atoms with Crippen LogP contribution >= 0.6 is 0 Å². The van der Waals surface area contributed by atoms with Gasteiger partial charge < -0.3 is 10.4 Å². The number of aliphatic hydroxyl groups excluding tert-OH is 1. The highest BCUT2D eigenvalue weighted by Gasteiger charge is 2.27. The van der Waals surface area contributed by atoms with E-state index in [4.69, 9.17) is 0 Å². The first-order valence-corrected chi connectivity index (χ1v) is 4.96. The Kier molecular flexibility index (Phi) is 6.17. The molecule has 0 bridgehead atoms. The molecule has 1 atom stereocenters. The van der Waals surface area contributed by atoms with Crippen LogP contribution in [-0.2, 0) is 0 Å². The average molecular weight is 195 g/mol. The number of allylic oxidation sites excluding steroid dienone is 3. The Balaban J connectivity index is 5.10. The highest BCUT2D eigenvalue weighted by atomic mass is 16.3. The zero-order valence-corrected chi connectivity index (χ0v) is 9.38. The first-order valence-electron chi connectivity index (χ1n) is 4.96. The van der Waals surface area contributed by atoms with Gasteiger partial charge >= 0.3 is 0 Å². The van der Waals surface area contributed by atoms with Crippen molar-refractivity contribution in [3.05, 3.63) is 36.5 Å². The van der Waals surface area contributed by atoms with Gasteiger partial charge in [-0.2, -0.15) is 0 Å². The minimum Gasteiger partial charge on any atom is -0.394 e. The Morgan fingerprint density at radius 2 is 2.21 bits per heavy atom. The van der Waals surface area contributed by atoms with Crippen LogP contribution in [0.3, 0.4) is 0 Å². The van der Waals surface area contributed by atoms with E-state index in [1.54, 1.807) is 6.08 Å². The van der Waals surface area contributed by atoms with Gasteiger partial charge in [0, 0.05) is 0 Å². The molecule has 2 N–H and O–H groups in total. The molecule has 0 aromatic carbocycles. The number of aliphatic hydroxyl groups is 1. The largest absolute Gasteiger partial charge is 0.394 e. The summed E-state index contributed by atoms with van der Waals surface area (Å²) in [4.78, 5) is 0. The molecule has 0 fully saturated rings. The summed E-state index contributed by atoms with van der Waals surface area (Å²) in [7, 11) is 1.86. The number of likely N-dealkylation sites (N-methyl/N-ethyl adjacent to an activating group) is 1. The summed E-state index contributed by atoms with van der Waals surface area (Å²) >= 11 is 0. The lowest BCUT2D eigenvalue weighted by atomic mass is 9.87. The minimum absolute atomic E-state index is 0.0873. The normalized spacial score (nSPS) is 17.0. The van der Waals surface area contributed by atoms with Gasteiger partial charge in [0.25, 0.3) is 0 Å². The summed E-state index contributed by atoms with van der Waals surface area (Å²) in [5, 5.41) is 12.6. The average Bonchev–Trinajstić information content (AvgIpc) is 2.22. The maximum atomic E-state index is 9.43. The van der Waals surface area contributed by atoms with Crippen molar-refractivity contribution in [2.45, 2.75) is 25.8 Å². The lowest BCUT2D eigenvalue weighted by molar-refractivity contribution is 0.193. The molecular weight excluding hydrogens is 174 g/mol. The van der Waals surface area contributed by atoms with Crippen molar-refractivity contribution < 1.29 is 5.11 Å². The van der Waals surface area contributed by atoms with E-state index < -0.39 is 0 Å². The van der Waals surface area contributed by atoms with Gasteiger partial charge in [-0.3, -0.25) is 0 Å². The number of nitrogens with one attached hydrogen (secondary N) is 1. The summed E-state index contributed by atoms with van der Waals surface area (Å²) in [6.45, 7) is 7.78. The lowest BCUT2D eigenvalue weighted by Gasteiger charge is -2.31. The highest BCUT2D eigenvalue weighted by Crippen LogP contribution is 2.21. The molecule has 2 nitrogen and oxygen atoms in total. The quantitative estimate of drug-likeness (QED) is 0.636. The van der Waals surface area contributed by atoms with E-state index >= 15 is 0 Å². The standard InChI is InChI=1S/C12H21NO/c1-5-8-11(9-6-2)12(7-3,10-14)13-4/h5-6,8-9,13-14H,1,7,10H2,2-4H3/b9-6-,11-8+/t12-/m1/s1. The number of rotatable bonds is 6. The Morgan fingerprint density at radius 3 is 2.50 bits per heavy atom. The fraction of sp³-hybridized carbons (Fsp3) is 0.500. The van der Waals surface area contributed by atoms with Crippen LogP contribution < -0.4 is 5.32 Å². The Labute approximate surface area is 87.0 Å². The maximum Gasteiger partial charge on any atom is 0.0663 e. The summed E-state index contributed by atoms with van der Waals surface area (Å²) in [5.41, 5.74) is 0.711. The highest BCUT2D eigenvalue weighted by molar-refractivity contribution is 5.34. The molecule has 0 saturated heterocycles. The zero-order chi connectivity index (χ0) is 11.0. The second-order valence-corrected chi connectivity index (χ2v) is 3.20. The molecular formula is C12H21NO. The molecule has 2 heteroatoms. The van der Waals surface area contributed by atoms with Crippen LogP contribution in [0.1, 0.15) is 20.3 Å². The Hall–Kier alpha value is -0.860. The van der Waals surface area contributed by atoms with Gasteiger partial charge in [0.2, 0.25) is 0 Å². The van der Waals surface area contributed by atoms with Gasteiger partial charge in [-0.1, -0.05) is 37.8 Å². The van der Waals surface area contributed by atoms with E-state index in [1.165, 1.54) is 0 Å². The molecule has 0 rings (SSSR count). The molecule has 0 spiro atoms. The molecule has 0 radical (unpaired) electrons. The molecule has 0 unspecified atom stereocenters. The predicted molar refractivity (Wildman–Crippen MR) is 62.3 cm³/mol. The monoisotopic (exact) mass is 195 g/mol. The summed E-state index contributed by atoms with van der Waals surface area (Å²) in [5.74, 6) is 0. The summed E-state index contributed by atoms with van der Waals surface area (Å²) < 4.78 is 0. The van der Waals surface area contributed by atoms with E-state index in [1.807, 2.05) is 39.1 Å². The molecule has 80 valence electrons. The molecule has 14 heavy (non-hydrogen) atoms. The van der Waals surface area contributed by atoms with Gasteiger partial charge in [-0.15, -0.1) is 0 Å². The molecule has 0 aliphatic carbocycles. The second kappa shape index (κ2) is 6.57. The van der Waals surface area contributed by atoms with E-state index in [0.717, 1.165) is 12.0 Å². The predicted octanol–water partition coefficient (Wildman–Crippen LogP) is 2.04. The fourth-order valence-corrected chi connectivity index (χ4v) is 1.49. The zero-order valence-electron chi connectivity index (χ0n) is 9.38. The van der Waals surface area contributed by atoms with Crippen molar-refractivity contribution in [2.75, 3.05) is 13.7 Å². The van der Waals surface area contributed by atoms with Crippen LogP contribution in [0.2, 0.25) is 0 Å². The summed E-state index contributed by atoms with van der Waals surface area (Å²) in [6, 6.07) is 0. The van der Waals surface area contributed by atoms with E-state index in [9.17, 15) is 5.11 Å². The molecule has 0 aliphatic rings. The van der Waals surface area contributed by atoms with E-state index in [0.29, 0.717) is 0 Å². The molecule has 0 aliphatic heterocycles. The lowest BCUT2D eigenvalue weighted by Crippen LogP contribution is -2.47. The number of hydrogen-bond acceptors (Lipinski definition) is 2. The number of hydrogen-bond donors (Lipinski definition) is 2. The third-order valence-electron chi connectivity index (χ3n) is 2.55. The van der Waals surface area contributed by atoms with Gasteiger partial charge in [0.05, 0.1) is 12.1 Å². The fourth-order valence-electron chi connectivity index (χ4n) is 1.49. The van der Waals surface area contributed by atoms with Crippen molar-refractivity contribution in [3.63, 3.8) is 0 Å². The van der Waals surface area contributed by atoms with Crippen LogP contribution in [0.5, 0.6) is 0 Å².